The minimum Gasteiger partial charge on any atom is -0.340 e. The summed E-state index contributed by atoms with van der Waals surface area (Å²) in [5.41, 5.74) is 2.45. The average Bonchev–Trinajstić information content (AvgIpc) is 2.92. The molecule has 118 valence electrons. The molecule has 2 aromatic rings. The van der Waals surface area contributed by atoms with Crippen LogP contribution in [0.25, 0.3) is 0 Å². The number of aromatic nitrogens is 2. The fourth-order valence-corrected chi connectivity index (χ4v) is 2.11. The molecule has 0 radical (unpaired) electrons. The minimum absolute atomic E-state index is 0.0923. The Morgan fingerprint density at radius 1 is 1.27 bits per heavy atom. The second-order valence-corrected chi connectivity index (χ2v) is 5.35. The van der Waals surface area contributed by atoms with Gasteiger partial charge in [0, 0.05) is 13.0 Å². The van der Waals surface area contributed by atoms with Gasteiger partial charge in [-0.25, -0.2) is 4.79 Å². The molecule has 1 aromatic carbocycles. The molecule has 0 saturated heterocycles. The van der Waals surface area contributed by atoms with E-state index in [0.717, 1.165) is 12.8 Å². The maximum atomic E-state index is 11.9. The number of nitrogens with one attached hydrogen (secondary N) is 2. The predicted molar refractivity (Wildman–Crippen MR) is 83.4 cm³/mol. The van der Waals surface area contributed by atoms with E-state index >= 15 is 0 Å². The first-order valence-corrected chi connectivity index (χ1v) is 7.46. The van der Waals surface area contributed by atoms with Gasteiger partial charge in [-0.15, -0.1) is 0 Å². The first kappa shape index (κ1) is 16.0. The maximum absolute atomic E-state index is 11.9. The van der Waals surface area contributed by atoms with E-state index in [0.29, 0.717) is 11.7 Å². The first-order valence-electron chi connectivity index (χ1n) is 7.46. The van der Waals surface area contributed by atoms with Crippen LogP contribution < -0.4 is 10.6 Å². The molecular weight excluding hydrogens is 280 g/mol. The van der Waals surface area contributed by atoms with Gasteiger partial charge in [-0.2, -0.15) is 4.98 Å². The highest BCUT2D eigenvalue weighted by Crippen LogP contribution is 2.08. The van der Waals surface area contributed by atoms with Crippen LogP contribution in [0.3, 0.4) is 0 Å². The van der Waals surface area contributed by atoms with Crippen molar-refractivity contribution in [1.82, 2.24) is 20.8 Å². The standard InChI is InChI=1S/C16H22N4O2/c1-4-14(9-13-7-5-11(2)6-8-13)19-16(21)17-10-15-18-12(3)22-20-15/h5-8,14H,4,9-10H2,1-3H3,(H2,17,19,21)/t14-/m0/s1. The van der Waals surface area contributed by atoms with Gasteiger partial charge in [0.1, 0.15) is 0 Å². The van der Waals surface area contributed by atoms with Crippen molar-refractivity contribution < 1.29 is 9.32 Å². The van der Waals surface area contributed by atoms with Crippen LogP contribution in [-0.2, 0) is 13.0 Å². The summed E-state index contributed by atoms with van der Waals surface area (Å²) in [7, 11) is 0. The maximum Gasteiger partial charge on any atom is 0.315 e. The van der Waals surface area contributed by atoms with E-state index in [4.69, 9.17) is 4.52 Å². The number of aryl methyl sites for hydroxylation is 2. The molecule has 0 bridgehead atoms. The highest BCUT2D eigenvalue weighted by Gasteiger charge is 2.12. The van der Waals surface area contributed by atoms with E-state index in [9.17, 15) is 4.79 Å². The normalized spacial score (nSPS) is 12.0. The lowest BCUT2D eigenvalue weighted by molar-refractivity contribution is 0.235. The fourth-order valence-electron chi connectivity index (χ4n) is 2.11. The highest BCUT2D eigenvalue weighted by molar-refractivity contribution is 5.74. The number of hydrogen-bond acceptors (Lipinski definition) is 4. The van der Waals surface area contributed by atoms with Crippen LogP contribution in [0.1, 0.15) is 36.2 Å². The number of nitrogens with zero attached hydrogens (tertiary/aromatic N) is 2. The van der Waals surface area contributed by atoms with Crippen molar-refractivity contribution in [3.8, 4) is 0 Å². The van der Waals surface area contributed by atoms with Crippen molar-refractivity contribution in [2.75, 3.05) is 0 Å². The van der Waals surface area contributed by atoms with E-state index in [1.807, 2.05) is 0 Å². The average molecular weight is 302 g/mol. The molecular formula is C16H22N4O2. The van der Waals surface area contributed by atoms with Crippen molar-refractivity contribution in [2.24, 2.45) is 0 Å². The molecule has 22 heavy (non-hydrogen) atoms. The Balaban J connectivity index is 1.81. The Labute approximate surface area is 130 Å². The molecule has 6 nitrogen and oxygen atoms in total. The molecule has 0 unspecified atom stereocenters. The van der Waals surface area contributed by atoms with Crippen LogP contribution in [0.2, 0.25) is 0 Å². The number of carbonyl (C=O) groups excluding carboxylic acids is 1. The van der Waals surface area contributed by atoms with Gasteiger partial charge in [-0.3, -0.25) is 0 Å². The molecule has 0 spiro atoms. The summed E-state index contributed by atoms with van der Waals surface area (Å²) >= 11 is 0. The van der Waals surface area contributed by atoms with E-state index in [-0.39, 0.29) is 18.6 Å². The summed E-state index contributed by atoms with van der Waals surface area (Å²) in [4.78, 5) is 16.0. The molecule has 2 N–H and O–H groups in total. The molecule has 0 aliphatic carbocycles. The molecule has 0 saturated carbocycles. The van der Waals surface area contributed by atoms with Crippen LogP contribution >= 0.6 is 0 Å². The zero-order chi connectivity index (χ0) is 15.9. The van der Waals surface area contributed by atoms with Crippen molar-refractivity contribution >= 4 is 6.03 Å². The lowest BCUT2D eigenvalue weighted by Crippen LogP contribution is -2.42. The van der Waals surface area contributed by atoms with Crippen LogP contribution in [0.15, 0.2) is 28.8 Å². The van der Waals surface area contributed by atoms with Gasteiger partial charge in [0.05, 0.1) is 6.54 Å². The van der Waals surface area contributed by atoms with E-state index in [2.05, 4.69) is 58.9 Å². The Bertz CT molecular complexity index is 607. The topological polar surface area (TPSA) is 80.0 Å². The molecule has 0 aliphatic rings. The first-order chi connectivity index (χ1) is 10.6. The molecule has 0 fully saturated rings. The monoisotopic (exact) mass is 302 g/mol. The molecule has 1 heterocycles. The zero-order valence-corrected chi connectivity index (χ0v) is 13.2. The summed E-state index contributed by atoms with van der Waals surface area (Å²) in [6, 6.07) is 8.23. The van der Waals surface area contributed by atoms with E-state index < -0.39 is 0 Å². The third kappa shape index (κ3) is 4.87. The minimum atomic E-state index is -0.221. The highest BCUT2D eigenvalue weighted by atomic mass is 16.5. The fraction of sp³-hybridized carbons (Fsp3) is 0.438. The van der Waals surface area contributed by atoms with Gasteiger partial charge in [-0.05, 0) is 25.3 Å². The van der Waals surface area contributed by atoms with E-state index in [1.165, 1.54) is 11.1 Å². The summed E-state index contributed by atoms with van der Waals surface area (Å²) in [6.07, 6.45) is 1.67. The molecule has 6 heteroatoms. The van der Waals surface area contributed by atoms with E-state index in [1.54, 1.807) is 6.92 Å². The predicted octanol–water partition coefficient (Wildman–Crippen LogP) is 2.51. The summed E-state index contributed by atoms with van der Waals surface area (Å²) in [5, 5.41) is 9.44. The Kier molecular flexibility index (Phi) is 5.52. The largest absolute Gasteiger partial charge is 0.340 e. The lowest BCUT2D eigenvalue weighted by atomic mass is 10.0. The summed E-state index contributed by atoms with van der Waals surface area (Å²) in [5.74, 6) is 0.960. The summed E-state index contributed by atoms with van der Waals surface area (Å²) in [6.45, 7) is 6.09. The number of urea groups is 1. The Hall–Kier alpha value is -2.37. The third-order valence-corrected chi connectivity index (χ3v) is 3.41. The second kappa shape index (κ2) is 7.59. The number of carbonyl (C=O) groups is 1. The van der Waals surface area contributed by atoms with Crippen molar-refractivity contribution in [3.05, 3.63) is 47.1 Å². The Morgan fingerprint density at radius 2 is 2.00 bits per heavy atom. The molecule has 1 aromatic heterocycles. The zero-order valence-electron chi connectivity index (χ0n) is 13.2. The molecule has 0 aliphatic heterocycles. The smallest absolute Gasteiger partial charge is 0.315 e. The van der Waals surface area contributed by atoms with Crippen LogP contribution in [0.5, 0.6) is 0 Å². The van der Waals surface area contributed by atoms with Gasteiger partial charge in [-0.1, -0.05) is 41.9 Å². The quantitative estimate of drug-likeness (QED) is 0.859. The van der Waals surface area contributed by atoms with Gasteiger partial charge < -0.3 is 15.2 Å². The van der Waals surface area contributed by atoms with Crippen LogP contribution in [0.4, 0.5) is 4.79 Å². The lowest BCUT2D eigenvalue weighted by Gasteiger charge is -2.17. The van der Waals surface area contributed by atoms with Crippen molar-refractivity contribution in [3.63, 3.8) is 0 Å². The van der Waals surface area contributed by atoms with Gasteiger partial charge in [0.2, 0.25) is 5.89 Å². The summed E-state index contributed by atoms with van der Waals surface area (Å²) < 4.78 is 4.85. The number of benzene rings is 1. The number of hydrogen-bond donors (Lipinski definition) is 2. The number of rotatable bonds is 6. The molecule has 2 amide bonds. The van der Waals surface area contributed by atoms with Gasteiger partial charge >= 0.3 is 6.03 Å². The molecule has 1 atom stereocenters. The van der Waals surface area contributed by atoms with Gasteiger partial charge in [0.15, 0.2) is 5.82 Å². The van der Waals surface area contributed by atoms with Gasteiger partial charge in [0.25, 0.3) is 0 Å². The second-order valence-electron chi connectivity index (χ2n) is 5.35. The SMILES string of the molecule is CC[C@@H](Cc1ccc(C)cc1)NC(=O)NCc1noc(C)n1. The van der Waals surface area contributed by atoms with Crippen molar-refractivity contribution in [2.45, 2.75) is 46.2 Å². The van der Waals surface area contributed by atoms with Crippen LogP contribution in [-0.4, -0.2) is 22.2 Å². The third-order valence-electron chi connectivity index (χ3n) is 3.41. The number of amides is 2. The van der Waals surface area contributed by atoms with Crippen LogP contribution in [0, 0.1) is 13.8 Å². The Morgan fingerprint density at radius 3 is 2.59 bits per heavy atom. The molecule has 2 rings (SSSR count). The van der Waals surface area contributed by atoms with Crippen molar-refractivity contribution in [1.29, 1.82) is 0 Å².